The highest BCUT2D eigenvalue weighted by atomic mass is 35.5. The van der Waals surface area contributed by atoms with Gasteiger partial charge in [-0.1, -0.05) is 11.6 Å². The first-order valence-electron chi connectivity index (χ1n) is 6.22. The fourth-order valence-corrected chi connectivity index (χ4v) is 2.24. The van der Waals surface area contributed by atoms with E-state index in [4.69, 9.17) is 16.7 Å². The molecule has 0 saturated carbocycles. The number of rotatable bonds is 4. The van der Waals surface area contributed by atoms with Gasteiger partial charge in [0.05, 0.1) is 10.6 Å². The third kappa shape index (κ3) is 3.25. The van der Waals surface area contributed by atoms with Crippen LogP contribution in [0.1, 0.15) is 10.4 Å². The number of aliphatic carboxylic acids is 1. The molecule has 0 spiro atoms. The zero-order valence-corrected chi connectivity index (χ0v) is 12.1. The molecule has 2 rings (SSSR count). The molecule has 1 aromatic carbocycles. The fourth-order valence-electron chi connectivity index (χ4n) is 2.04. The van der Waals surface area contributed by atoms with Crippen molar-refractivity contribution in [1.82, 2.24) is 10.2 Å². The molecule has 1 aliphatic heterocycles. The lowest BCUT2D eigenvalue weighted by molar-refractivity contribution is -0.137. The minimum absolute atomic E-state index is 0.164. The van der Waals surface area contributed by atoms with Gasteiger partial charge in [-0.15, -0.1) is 0 Å². The van der Waals surface area contributed by atoms with Gasteiger partial charge in [0.15, 0.2) is 0 Å². The van der Waals surface area contributed by atoms with Gasteiger partial charge in [0, 0.05) is 25.8 Å². The molecule has 0 unspecified atom stereocenters. The van der Waals surface area contributed by atoms with Gasteiger partial charge >= 0.3 is 12.0 Å². The van der Waals surface area contributed by atoms with Crippen LogP contribution in [0, 0.1) is 0 Å². The molecule has 0 bridgehead atoms. The minimum Gasteiger partial charge on any atom is -0.480 e. The van der Waals surface area contributed by atoms with Crippen molar-refractivity contribution in [3.8, 4) is 0 Å². The number of carbonyl (C=O) groups excluding carboxylic acids is 2. The Hall–Kier alpha value is -2.28. The number of urea groups is 1. The van der Waals surface area contributed by atoms with E-state index in [1.165, 1.54) is 24.1 Å². The van der Waals surface area contributed by atoms with E-state index in [1.807, 2.05) is 0 Å². The van der Waals surface area contributed by atoms with Gasteiger partial charge in [0.1, 0.15) is 6.54 Å². The molecule has 0 radical (unpaired) electrons. The van der Waals surface area contributed by atoms with E-state index in [2.05, 4.69) is 5.32 Å². The number of amides is 3. The first-order valence-corrected chi connectivity index (χ1v) is 6.60. The minimum atomic E-state index is -1.11. The number of nitrogens with one attached hydrogen (secondary N) is 1. The smallest absolute Gasteiger partial charge is 0.323 e. The van der Waals surface area contributed by atoms with Crippen LogP contribution in [0.5, 0.6) is 0 Å². The van der Waals surface area contributed by atoms with Gasteiger partial charge in [-0.25, -0.2) is 4.79 Å². The lowest BCUT2D eigenvalue weighted by Crippen LogP contribution is -2.32. The predicted molar refractivity (Wildman–Crippen MR) is 76.8 cm³/mol. The van der Waals surface area contributed by atoms with Gasteiger partial charge in [0.2, 0.25) is 0 Å². The van der Waals surface area contributed by atoms with Crippen LogP contribution in [0.3, 0.4) is 0 Å². The number of carboxylic acid groups (broad SMARTS) is 1. The van der Waals surface area contributed by atoms with Gasteiger partial charge in [0.25, 0.3) is 5.91 Å². The maximum absolute atomic E-state index is 12.2. The van der Waals surface area contributed by atoms with Crippen LogP contribution < -0.4 is 10.2 Å². The first-order chi connectivity index (χ1) is 9.90. The lowest BCUT2D eigenvalue weighted by atomic mass is 10.1. The van der Waals surface area contributed by atoms with Crippen molar-refractivity contribution in [2.75, 3.05) is 31.6 Å². The summed E-state index contributed by atoms with van der Waals surface area (Å²) in [5.41, 5.74) is 0.707. The molecule has 3 amide bonds. The third-order valence-electron chi connectivity index (χ3n) is 3.07. The van der Waals surface area contributed by atoms with Gasteiger partial charge < -0.3 is 15.3 Å². The fraction of sp³-hybridized carbons (Fsp3) is 0.308. The van der Waals surface area contributed by atoms with E-state index in [9.17, 15) is 14.4 Å². The second-order valence-corrected chi connectivity index (χ2v) is 5.01. The summed E-state index contributed by atoms with van der Waals surface area (Å²) in [5, 5.41) is 11.6. The molecule has 8 heteroatoms. The molecule has 1 heterocycles. The average Bonchev–Trinajstić information content (AvgIpc) is 2.84. The summed E-state index contributed by atoms with van der Waals surface area (Å²) < 4.78 is 0. The number of likely N-dealkylation sites (N-methyl/N-ethyl adjacent to an activating group) is 1. The molecule has 0 aromatic heterocycles. The average molecular weight is 312 g/mol. The van der Waals surface area contributed by atoms with E-state index in [0.717, 1.165) is 4.90 Å². The third-order valence-corrected chi connectivity index (χ3v) is 3.40. The Bertz CT molecular complexity index is 605. The maximum atomic E-state index is 12.2. The molecule has 0 atom stereocenters. The molecule has 7 nitrogen and oxygen atoms in total. The molecule has 1 saturated heterocycles. The van der Waals surface area contributed by atoms with E-state index in [0.29, 0.717) is 18.8 Å². The molecule has 21 heavy (non-hydrogen) atoms. The van der Waals surface area contributed by atoms with Crippen LogP contribution in [0.15, 0.2) is 18.2 Å². The number of nitrogens with zero attached hydrogens (tertiary/aromatic N) is 2. The number of carbonyl (C=O) groups is 3. The van der Waals surface area contributed by atoms with Gasteiger partial charge in [-0.3, -0.25) is 14.5 Å². The summed E-state index contributed by atoms with van der Waals surface area (Å²) in [6, 6.07) is 4.41. The molecule has 0 aliphatic carbocycles. The summed E-state index contributed by atoms with van der Waals surface area (Å²) in [7, 11) is 1.38. The topological polar surface area (TPSA) is 90.0 Å². The van der Waals surface area contributed by atoms with Crippen molar-refractivity contribution in [3.05, 3.63) is 28.8 Å². The van der Waals surface area contributed by atoms with Crippen LogP contribution in [0.4, 0.5) is 10.5 Å². The summed E-state index contributed by atoms with van der Waals surface area (Å²) in [6.45, 7) is 0.603. The monoisotopic (exact) mass is 311 g/mol. The van der Waals surface area contributed by atoms with Crippen molar-refractivity contribution >= 4 is 35.2 Å². The first kappa shape index (κ1) is 15.1. The number of halogens is 1. The highest BCUT2D eigenvalue weighted by Crippen LogP contribution is 2.25. The number of anilines is 1. The Morgan fingerprint density at radius 2 is 2.19 bits per heavy atom. The largest absolute Gasteiger partial charge is 0.480 e. The molecule has 2 N–H and O–H groups in total. The van der Waals surface area contributed by atoms with Crippen molar-refractivity contribution < 1.29 is 19.5 Å². The van der Waals surface area contributed by atoms with Crippen LogP contribution in [-0.2, 0) is 4.79 Å². The van der Waals surface area contributed by atoms with Gasteiger partial charge in [-0.05, 0) is 18.2 Å². The highest BCUT2D eigenvalue weighted by Gasteiger charge is 2.24. The Balaban J connectivity index is 2.28. The Kier molecular flexibility index (Phi) is 4.32. The Morgan fingerprint density at radius 1 is 1.48 bits per heavy atom. The molecule has 1 fully saturated rings. The SMILES string of the molecule is CN(CC(=O)O)C(=O)c1cc(N2CCNC2=O)ccc1Cl. The van der Waals surface area contributed by atoms with E-state index in [1.54, 1.807) is 6.07 Å². The van der Waals surface area contributed by atoms with Crippen molar-refractivity contribution in [2.24, 2.45) is 0 Å². The normalized spacial score (nSPS) is 14.0. The van der Waals surface area contributed by atoms with Crippen molar-refractivity contribution in [1.29, 1.82) is 0 Å². The maximum Gasteiger partial charge on any atom is 0.323 e. The number of benzene rings is 1. The van der Waals surface area contributed by atoms with Gasteiger partial charge in [-0.2, -0.15) is 0 Å². The lowest BCUT2D eigenvalue weighted by Gasteiger charge is -2.19. The van der Waals surface area contributed by atoms with Crippen molar-refractivity contribution in [2.45, 2.75) is 0 Å². The second-order valence-electron chi connectivity index (χ2n) is 4.60. The molecule has 1 aromatic rings. The molecule has 112 valence electrons. The predicted octanol–water partition coefficient (Wildman–Crippen LogP) is 1.03. The van der Waals surface area contributed by atoms with E-state index in [-0.39, 0.29) is 16.6 Å². The summed E-state index contributed by atoms with van der Waals surface area (Å²) >= 11 is 6.00. The highest BCUT2D eigenvalue weighted by molar-refractivity contribution is 6.34. The number of carboxylic acids is 1. The summed E-state index contributed by atoms with van der Waals surface area (Å²) in [4.78, 5) is 37.0. The Labute approximate surface area is 126 Å². The molecule has 1 aliphatic rings. The van der Waals surface area contributed by atoms with Crippen molar-refractivity contribution in [3.63, 3.8) is 0 Å². The number of hydrogen-bond acceptors (Lipinski definition) is 3. The van der Waals surface area contributed by atoms with Crippen LogP contribution in [0.2, 0.25) is 5.02 Å². The standard InChI is InChI=1S/C13H14ClN3O4/c1-16(7-11(18)19)12(20)9-6-8(2-3-10(9)14)17-5-4-15-13(17)21/h2-3,6H,4-5,7H2,1H3,(H,15,21)(H,18,19). The molecular formula is C13H14ClN3O4. The Morgan fingerprint density at radius 3 is 2.76 bits per heavy atom. The van der Waals surface area contributed by atoms with E-state index >= 15 is 0 Å². The van der Waals surface area contributed by atoms with Crippen LogP contribution >= 0.6 is 11.6 Å². The second kappa shape index (κ2) is 6.01. The number of hydrogen-bond donors (Lipinski definition) is 2. The quantitative estimate of drug-likeness (QED) is 0.869. The zero-order chi connectivity index (χ0) is 15.6. The van der Waals surface area contributed by atoms with Crippen LogP contribution in [-0.4, -0.2) is 54.6 Å². The molecular weight excluding hydrogens is 298 g/mol. The summed E-state index contributed by atoms with van der Waals surface area (Å²) in [6.07, 6.45) is 0. The zero-order valence-electron chi connectivity index (χ0n) is 11.3. The summed E-state index contributed by atoms with van der Waals surface area (Å²) in [5.74, 6) is -1.62. The van der Waals surface area contributed by atoms with Crippen LogP contribution in [0.25, 0.3) is 0 Å². The van der Waals surface area contributed by atoms with E-state index < -0.39 is 18.4 Å².